The van der Waals surface area contributed by atoms with Crippen molar-refractivity contribution in [2.45, 2.75) is 40.2 Å². The SMILES string of the molecule is CCC1=C(Cn2nc(C)c3c(NC(=O)c4cnc5cc(-c6ccnn6C)ccn45)cccc32)C=CC=C(C)C1. The first kappa shape index (κ1) is 24.6. The van der Waals surface area contributed by atoms with Crippen molar-refractivity contribution in [3.05, 3.63) is 101 Å². The second-order valence-corrected chi connectivity index (χ2v) is 10.1. The molecule has 0 aliphatic heterocycles. The van der Waals surface area contributed by atoms with Crippen molar-refractivity contribution in [3.63, 3.8) is 0 Å². The summed E-state index contributed by atoms with van der Waals surface area (Å²) < 4.78 is 5.67. The summed E-state index contributed by atoms with van der Waals surface area (Å²) in [6, 6.07) is 11.8. The van der Waals surface area contributed by atoms with E-state index >= 15 is 0 Å². The number of pyridine rings is 1. The van der Waals surface area contributed by atoms with Gasteiger partial charge in [0.15, 0.2) is 0 Å². The normalized spacial score (nSPS) is 13.8. The summed E-state index contributed by atoms with van der Waals surface area (Å²) in [5, 5.41) is 13.2. The number of benzene rings is 1. The van der Waals surface area contributed by atoms with Gasteiger partial charge in [0.1, 0.15) is 11.3 Å². The van der Waals surface area contributed by atoms with E-state index < -0.39 is 0 Å². The number of aryl methyl sites for hydroxylation is 2. The zero-order chi connectivity index (χ0) is 27.1. The minimum atomic E-state index is -0.223. The van der Waals surface area contributed by atoms with Crippen molar-refractivity contribution in [2.24, 2.45) is 7.05 Å². The van der Waals surface area contributed by atoms with Crippen LogP contribution in [-0.2, 0) is 13.6 Å². The number of imidazole rings is 1. The molecule has 196 valence electrons. The van der Waals surface area contributed by atoms with Gasteiger partial charge in [-0.15, -0.1) is 0 Å². The molecule has 5 aromatic rings. The number of nitrogens with one attached hydrogen (secondary N) is 1. The fourth-order valence-electron chi connectivity index (χ4n) is 5.43. The van der Waals surface area contributed by atoms with E-state index in [1.807, 2.05) is 59.9 Å². The fourth-order valence-corrected chi connectivity index (χ4v) is 5.43. The Kier molecular flexibility index (Phi) is 6.23. The number of carbonyl (C=O) groups excluding carboxylic acids is 1. The number of carbonyl (C=O) groups is 1. The largest absolute Gasteiger partial charge is 0.320 e. The van der Waals surface area contributed by atoms with Crippen LogP contribution in [-0.4, -0.2) is 34.9 Å². The number of aromatic nitrogens is 6. The van der Waals surface area contributed by atoms with Crippen LogP contribution in [0.25, 0.3) is 27.8 Å². The number of fused-ring (bicyclic) bond motifs is 2. The summed E-state index contributed by atoms with van der Waals surface area (Å²) in [7, 11) is 1.90. The molecule has 0 saturated heterocycles. The van der Waals surface area contributed by atoms with E-state index in [-0.39, 0.29) is 5.91 Å². The molecule has 1 aromatic carbocycles. The molecule has 0 spiro atoms. The highest BCUT2D eigenvalue weighted by molar-refractivity contribution is 6.08. The minimum absolute atomic E-state index is 0.223. The highest BCUT2D eigenvalue weighted by Crippen LogP contribution is 2.30. The third kappa shape index (κ3) is 4.48. The third-order valence-electron chi connectivity index (χ3n) is 7.44. The summed E-state index contributed by atoms with van der Waals surface area (Å²) in [5.41, 5.74) is 9.84. The first-order valence-corrected chi connectivity index (χ1v) is 13.2. The van der Waals surface area contributed by atoms with Gasteiger partial charge in [0.2, 0.25) is 0 Å². The number of rotatable bonds is 6. The Labute approximate surface area is 227 Å². The predicted octanol–water partition coefficient (Wildman–Crippen LogP) is 6.26. The average Bonchev–Trinajstić information content (AvgIpc) is 3.60. The van der Waals surface area contributed by atoms with E-state index in [0.29, 0.717) is 17.9 Å². The summed E-state index contributed by atoms with van der Waals surface area (Å²) >= 11 is 0. The second kappa shape index (κ2) is 9.87. The molecule has 0 atom stereocenters. The van der Waals surface area contributed by atoms with Crippen LogP contribution in [0, 0.1) is 6.92 Å². The number of amides is 1. The zero-order valence-corrected chi connectivity index (χ0v) is 22.6. The number of hydrogen-bond donors (Lipinski definition) is 1. The number of allylic oxidation sites excluding steroid dienone is 6. The van der Waals surface area contributed by atoms with Crippen LogP contribution < -0.4 is 5.32 Å². The second-order valence-electron chi connectivity index (χ2n) is 10.1. The molecule has 8 heteroatoms. The number of anilines is 1. The molecule has 0 saturated carbocycles. The van der Waals surface area contributed by atoms with Crippen LogP contribution in [0.3, 0.4) is 0 Å². The molecule has 8 nitrogen and oxygen atoms in total. The smallest absolute Gasteiger partial charge is 0.274 e. The Balaban J connectivity index is 1.31. The number of hydrogen-bond acceptors (Lipinski definition) is 4. The predicted molar refractivity (Wildman–Crippen MR) is 155 cm³/mol. The van der Waals surface area contributed by atoms with E-state index in [1.165, 1.54) is 16.7 Å². The lowest BCUT2D eigenvalue weighted by atomic mass is 10.00. The van der Waals surface area contributed by atoms with Gasteiger partial charge in [-0.25, -0.2) is 4.98 Å². The van der Waals surface area contributed by atoms with Gasteiger partial charge in [-0.2, -0.15) is 10.2 Å². The van der Waals surface area contributed by atoms with Gasteiger partial charge in [0.25, 0.3) is 5.91 Å². The van der Waals surface area contributed by atoms with Crippen LogP contribution in [0.5, 0.6) is 0 Å². The molecule has 1 amide bonds. The Morgan fingerprint density at radius 2 is 2.03 bits per heavy atom. The van der Waals surface area contributed by atoms with Crippen molar-refractivity contribution >= 4 is 28.1 Å². The number of nitrogens with zero attached hydrogens (tertiary/aromatic N) is 6. The molecular weight excluding hydrogens is 486 g/mol. The molecule has 0 fully saturated rings. The maximum absolute atomic E-state index is 13.5. The van der Waals surface area contributed by atoms with Gasteiger partial charge in [0, 0.05) is 30.4 Å². The van der Waals surface area contributed by atoms with E-state index in [0.717, 1.165) is 46.4 Å². The molecular formula is C31H31N7O. The van der Waals surface area contributed by atoms with E-state index in [4.69, 9.17) is 5.10 Å². The molecule has 0 radical (unpaired) electrons. The van der Waals surface area contributed by atoms with E-state index in [9.17, 15) is 4.79 Å². The maximum Gasteiger partial charge on any atom is 0.274 e. The van der Waals surface area contributed by atoms with Crippen molar-refractivity contribution in [3.8, 4) is 11.3 Å². The van der Waals surface area contributed by atoms with Gasteiger partial charge >= 0.3 is 0 Å². The van der Waals surface area contributed by atoms with Crippen LogP contribution in [0.1, 0.15) is 42.9 Å². The topological polar surface area (TPSA) is 82.0 Å². The third-order valence-corrected chi connectivity index (χ3v) is 7.44. The van der Waals surface area contributed by atoms with Crippen molar-refractivity contribution in [2.75, 3.05) is 5.32 Å². The monoisotopic (exact) mass is 517 g/mol. The Morgan fingerprint density at radius 1 is 1.15 bits per heavy atom. The molecule has 0 unspecified atom stereocenters. The quantitative estimate of drug-likeness (QED) is 0.288. The van der Waals surface area contributed by atoms with E-state index in [1.54, 1.807) is 16.8 Å². The molecule has 1 aliphatic carbocycles. The highest BCUT2D eigenvalue weighted by atomic mass is 16.2. The average molecular weight is 518 g/mol. The van der Waals surface area contributed by atoms with Gasteiger partial charge in [-0.1, -0.05) is 42.4 Å². The first-order chi connectivity index (χ1) is 18.9. The Bertz CT molecular complexity index is 1830. The lowest BCUT2D eigenvalue weighted by Gasteiger charge is -2.12. The van der Waals surface area contributed by atoms with Crippen LogP contribution in [0.15, 0.2) is 89.9 Å². The lowest BCUT2D eigenvalue weighted by Crippen LogP contribution is -2.14. The van der Waals surface area contributed by atoms with Gasteiger partial charge in [-0.3, -0.25) is 18.6 Å². The van der Waals surface area contributed by atoms with Crippen molar-refractivity contribution < 1.29 is 4.79 Å². The molecule has 39 heavy (non-hydrogen) atoms. The summed E-state index contributed by atoms with van der Waals surface area (Å²) in [6.07, 6.45) is 13.8. The van der Waals surface area contributed by atoms with Gasteiger partial charge in [0.05, 0.1) is 35.3 Å². The first-order valence-electron chi connectivity index (χ1n) is 13.2. The summed E-state index contributed by atoms with van der Waals surface area (Å²) in [5.74, 6) is -0.223. The molecule has 4 aromatic heterocycles. The van der Waals surface area contributed by atoms with E-state index in [2.05, 4.69) is 53.5 Å². The molecule has 1 aliphatic rings. The van der Waals surface area contributed by atoms with Crippen molar-refractivity contribution in [1.29, 1.82) is 0 Å². The van der Waals surface area contributed by atoms with Crippen LogP contribution in [0.4, 0.5) is 5.69 Å². The summed E-state index contributed by atoms with van der Waals surface area (Å²) in [4.78, 5) is 17.9. The van der Waals surface area contributed by atoms with Gasteiger partial charge in [-0.05, 0) is 62.6 Å². The minimum Gasteiger partial charge on any atom is -0.320 e. The molecule has 6 rings (SSSR count). The maximum atomic E-state index is 13.5. The highest BCUT2D eigenvalue weighted by Gasteiger charge is 2.18. The lowest BCUT2D eigenvalue weighted by molar-refractivity contribution is 0.102. The standard InChI is InChI=1S/C31H31N7O/c1-5-22-16-20(2)8-6-9-24(22)19-38-27-11-7-10-25(30(27)21(3)35-38)34-31(39)28-18-32-29-17-23(13-15-37(28)29)26-12-14-33-36(26)4/h6-15,17-18H,5,16,19H2,1-4H3,(H,34,39). The van der Waals surface area contributed by atoms with Crippen LogP contribution >= 0.6 is 0 Å². The Hall–Kier alpha value is -4.72. The van der Waals surface area contributed by atoms with Gasteiger partial charge < -0.3 is 5.32 Å². The molecule has 1 N–H and O–H groups in total. The summed E-state index contributed by atoms with van der Waals surface area (Å²) in [6.45, 7) is 7.07. The Morgan fingerprint density at radius 3 is 2.82 bits per heavy atom. The fraction of sp³-hybridized carbons (Fsp3) is 0.226. The molecule has 0 bridgehead atoms. The molecule has 4 heterocycles. The zero-order valence-electron chi connectivity index (χ0n) is 22.6. The van der Waals surface area contributed by atoms with Crippen LogP contribution in [0.2, 0.25) is 0 Å². The van der Waals surface area contributed by atoms with Crippen molar-refractivity contribution in [1.82, 2.24) is 28.9 Å².